The lowest BCUT2D eigenvalue weighted by Gasteiger charge is -2.16. The minimum Gasteiger partial charge on any atom is -0.313 e. The van der Waals surface area contributed by atoms with E-state index in [4.69, 9.17) is 11.6 Å². The van der Waals surface area contributed by atoms with Crippen LogP contribution in [-0.4, -0.2) is 22.5 Å². The van der Waals surface area contributed by atoms with Crippen LogP contribution in [0.3, 0.4) is 0 Å². The molecule has 1 N–H and O–H groups in total. The smallest absolute Gasteiger partial charge is 0.0574 e. The molecule has 0 aromatic heterocycles. The van der Waals surface area contributed by atoms with Crippen LogP contribution in [0.2, 0.25) is 5.02 Å². The average molecular weight is 274 g/mol. The number of hydrogen-bond donors (Lipinski definition) is 1. The van der Waals surface area contributed by atoms with Crippen molar-refractivity contribution in [1.29, 1.82) is 0 Å². The molecule has 17 heavy (non-hydrogen) atoms. The summed E-state index contributed by atoms with van der Waals surface area (Å²) >= 11 is 6.04. The van der Waals surface area contributed by atoms with Crippen LogP contribution in [0.25, 0.3) is 0 Å². The van der Waals surface area contributed by atoms with Gasteiger partial charge in [-0.3, -0.25) is 4.21 Å². The Kier molecular flexibility index (Phi) is 6.78. The zero-order valence-corrected chi connectivity index (χ0v) is 12.0. The fourth-order valence-corrected chi connectivity index (χ4v) is 3.52. The van der Waals surface area contributed by atoms with Crippen LogP contribution in [0.1, 0.15) is 26.7 Å². The Morgan fingerprint density at radius 2 is 2.06 bits per heavy atom. The van der Waals surface area contributed by atoms with E-state index >= 15 is 0 Å². The normalized spacial score (nSPS) is 14.5. The van der Waals surface area contributed by atoms with Crippen LogP contribution < -0.4 is 5.32 Å². The fraction of sp³-hybridized carbons (Fsp3) is 0.538. The molecule has 2 atom stereocenters. The third-order valence-corrected chi connectivity index (χ3v) is 4.56. The van der Waals surface area contributed by atoms with Crippen molar-refractivity contribution in [2.24, 2.45) is 0 Å². The molecule has 4 heteroatoms. The first kappa shape index (κ1) is 14.7. The van der Waals surface area contributed by atoms with Crippen LogP contribution >= 0.6 is 11.6 Å². The van der Waals surface area contributed by atoms with Crippen molar-refractivity contribution >= 4 is 22.4 Å². The summed E-state index contributed by atoms with van der Waals surface area (Å²) in [5.74, 6) is 0.630. The van der Waals surface area contributed by atoms with Gasteiger partial charge in [0, 0.05) is 11.8 Å². The van der Waals surface area contributed by atoms with E-state index in [-0.39, 0.29) is 0 Å². The quantitative estimate of drug-likeness (QED) is 0.826. The molecule has 0 aliphatic heterocycles. The van der Waals surface area contributed by atoms with Crippen LogP contribution in [0.15, 0.2) is 29.2 Å². The molecule has 0 bridgehead atoms. The van der Waals surface area contributed by atoms with Crippen molar-refractivity contribution in [2.45, 2.75) is 37.6 Å². The largest absolute Gasteiger partial charge is 0.313 e. The standard InChI is InChI=1S/C13H20ClNOS/c1-3-7-11(15-4-2)10-17(16)13-9-6-5-8-12(13)14/h5-6,8-9,11,15H,3-4,7,10H2,1-2H3. The number of benzene rings is 1. The summed E-state index contributed by atoms with van der Waals surface area (Å²) in [6, 6.07) is 7.67. The van der Waals surface area contributed by atoms with Crippen LogP contribution in [-0.2, 0) is 10.8 Å². The summed E-state index contributed by atoms with van der Waals surface area (Å²) < 4.78 is 12.2. The van der Waals surface area contributed by atoms with E-state index in [1.54, 1.807) is 6.07 Å². The molecule has 1 aromatic rings. The molecule has 0 radical (unpaired) electrons. The average Bonchev–Trinajstić information content (AvgIpc) is 2.30. The van der Waals surface area contributed by atoms with Gasteiger partial charge in [-0.25, -0.2) is 0 Å². The second kappa shape index (κ2) is 7.85. The Morgan fingerprint density at radius 1 is 1.35 bits per heavy atom. The van der Waals surface area contributed by atoms with E-state index in [0.29, 0.717) is 16.8 Å². The maximum atomic E-state index is 12.2. The summed E-state index contributed by atoms with van der Waals surface area (Å²) in [7, 11) is -1.02. The fourth-order valence-electron chi connectivity index (χ4n) is 1.78. The van der Waals surface area contributed by atoms with Crippen LogP contribution in [0.4, 0.5) is 0 Å². The van der Waals surface area contributed by atoms with E-state index in [1.165, 1.54) is 0 Å². The molecule has 0 heterocycles. The third kappa shape index (κ3) is 4.78. The molecule has 2 nitrogen and oxygen atoms in total. The van der Waals surface area contributed by atoms with E-state index in [1.807, 2.05) is 18.2 Å². The first-order valence-electron chi connectivity index (χ1n) is 6.05. The van der Waals surface area contributed by atoms with Gasteiger partial charge in [-0.15, -0.1) is 0 Å². The third-order valence-electron chi connectivity index (χ3n) is 2.56. The number of hydrogen-bond acceptors (Lipinski definition) is 2. The van der Waals surface area contributed by atoms with Gasteiger partial charge in [0.25, 0.3) is 0 Å². The van der Waals surface area contributed by atoms with Gasteiger partial charge in [0.1, 0.15) is 0 Å². The van der Waals surface area contributed by atoms with Gasteiger partial charge in [0.15, 0.2) is 0 Å². The molecule has 0 spiro atoms. The predicted molar refractivity (Wildman–Crippen MR) is 75.1 cm³/mol. The second-order valence-corrected chi connectivity index (χ2v) is 5.86. The topological polar surface area (TPSA) is 29.1 Å². The Balaban J connectivity index is 2.67. The zero-order valence-electron chi connectivity index (χ0n) is 10.4. The maximum Gasteiger partial charge on any atom is 0.0574 e. The molecule has 0 aliphatic carbocycles. The lowest BCUT2D eigenvalue weighted by Crippen LogP contribution is -2.33. The molecule has 0 fully saturated rings. The SMILES string of the molecule is CCCC(CS(=O)c1ccccc1Cl)NCC. The van der Waals surface area contributed by atoms with Crippen molar-refractivity contribution in [3.05, 3.63) is 29.3 Å². The number of nitrogens with one attached hydrogen (secondary N) is 1. The lowest BCUT2D eigenvalue weighted by molar-refractivity contribution is 0.525. The van der Waals surface area contributed by atoms with Crippen molar-refractivity contribution in [3.63, 3.8) is 0 Å². The monoisotopic (exact) mass is 273 g/mol. The molecule has 0 aliphatic rings. The van der Waals surface area contributed by atoms with Crippen LogP contribution in [0.5, 0.6) is 0 Å². The van der Waals surface area contributed by atoms with Gasteiger partial charge < -0.3 is 5.32 Å². The first-order chi connectivity index (χ1) is 8.19. The van der Waals surface area contributed by atoms with Crippen molar-refractivity contribution in [1.82, 2.24) is 5.32 Å². The van der Waals surface area contributed by atoms with Crippen LogP contribution in [0, 0.1) is 0 Å². The molecule has 2 unspecified atom stereocenters. The highest BCUT2D eigenvalue weighted by Crippen LogP contribution is 2.19. The van der Waals surface area contributed by atoms with Gasteiger partial charge in [-0.1, -0.05) is 44.0 Å². The van der Waals surface area contributed by atoms with E-state index < -0.39 is 10.8 Å². The van der Waals surface area contributed by atoms with E-state index in [9.17, 15) is 4.21 Å². The Labute approximate surface area is 111 Å². The van der Waals surface area contributed by atoms with E-state index in [2.05, 4.69) is 19.2 Å². The molecule has 0 saturated carbocycles. The summed E-state index contributed by atoms with van der Waals surface area (Å²) in [6.45, 7) is 5.12. The Bertz CT molecular complexity index is 364. The van der Waals surface area contributed by atoms with E-state index in [0.717, 1.165) is 24.3 Å². The highest BCUT2D eigenvalue weighted by molar-refractivity contribution is 7.85. The van der Waals surface area contributed by atoms with Crippen molar-refractivity contribution in [3.8, 4) is 0 Å². The van der Waals surface area contributed by atoms with Crippen molar-refractivity contribution in [2.75, 3.05) is 12.3 Å². The minimum atomic E-state index is -1.02. The first-order valence-corrected chi connectivity index (χ1v) is 7.75. The molecular formula is C13H20ClNOS. The molecule has 0 amide bonds. The summed E-state index contributed by atoms with van der Waals surface area (Å²) in [4.78, 5) is 0.744. The van der Waals surface area contributed by atoms with Gasteiger partial charge >= 0.3 is 0 Å². The zero-order chi connectivity index (χ0) is 12.7. The molecule has 0 saturated heterocycles. The summed E-state index contributed by atoms with van der Waals surface area (Å²) in [5.41, 5.74) is 0. The summed E-state index contributed by atoms with van der Waals surface area (Å²) in [5, 5.41) is 3.96. The van der Waals surface area contributed by atoms with Crippen molar-refractivity contribution < 1.29 is 4.21 Å². The lowest BCUT2D eigenvalue weighted by atomic mass is 10.2. The molecular weight excluding hydrogens is 254 g/mol. The van der Waals surface area contributed by atoms with Gasteiger partial charge in [0.2, 0.25) is 0 Å². The maximum absolute atomic E-state index is 12.2. The Morgan fingerprint density at radius 3 is 2.65 bits per heavy atom. The molecule has 96 valence electrons. The van der Waals surface area contributed by atoms with Gasteiger partial charge in [-0.2, -0.15) is 0 Å². The number of halogens is 1. The number of rotatable bonds is 7. The second-order valence-electron chi connectivity index (χ2n) is 3.99. The van der Waals surface area contributed by atoms with Gasteiger partial charge in [0.05, 0.1) is 20.7 Å². The highest BCUT2D eigenvalue weighted by atomic mass is 35.5. The molecule has 1 aromatic carbocycles. The predicted octanol–water partition coefficient (Wildman–Crippen LogP) is 3.23. The molecule has 1 rings (SSSR count). The highest BCUT2D eigenvalue weighted by Gasteiger charge is 2.14. The Hall–Kier alpha value is -0.380. The van der Waals surface area contributed by atoms with Gasteiger partial charge in [-0.05, 0) is 25.1 Å². The summed E-state index contributed by atoms with van der Waals surface area (Å²) in [6.07, 6.45) is 2.14. The minimum absolute atomic E-state index is 0.308.